The zero-order chi connectivity index (χ0) is 51.7. The van der Waals surface area contributed by atoms with Crippen LogP contribution in [0.1, 0.15) is 104 Å². The van der Waals surface area contributed by atoms with Gasteiger partial charge in [-0.2, -0.15) is 6.07 Å². The molecule has 0 amide bonds. The number of pyridine rings is 1. The molecule has 11 rings (SSSR count). The molecule has 380 valence electrons. The summed E-state index contributed by atoms with van der Waals surface area (Å²) in [6.45, 7) is 27.2. The first-order valence-corrected chi connectivity index (χ1v) is 25.9. The van der Waals surface area contributed by atoms with Gasteiger partial charge in [0.25, 0.3) is 0 Å². The fourth-order valence-electron chi connectivity index (χ4n) is 10.3. The quantitative estimate of drug-likeness (QED) is 0.135. The van der Waals surface area contributed by atoms with Gasteiger partial charge in [-0.15, -0.1) is 53.6 Å². The first kappa shape index (κ1) is 51.3. The van der Waals surface area contributed by atoms with Crippen LogP contribution in [0, 0.1) is 18.8 Å². The van der Waals surface area contributed by atoms with Gasteiger partial charge in [0, 0.05) is 66.8 Å². The minimum Gasteiger partial charge on any atom is -0.509 e. The van der Waals surface area contributed by atoms with Crippen LogP contribution in [0.3, 0.4) is 0 Å². The molecule has 0 atom stereocenters. The molecule has 0 saturated carbocycles. The van der Waals surface area contributed by atoms with E-state index in [1.807, 2.05) is 12.3 Å². The summed E-state index contributed by atoms with van der Waals surface area (Å²) >= 11 is 0. The number of ether oxygens (including phenoxy) is 1. The molecule has 5 nitrogen and oxygen atoms in total. The van der Waals surface area contributed by atoms with E-state index in [9.17, 15) is 0 Å². The van der Waals surface area contributed by atoms with Gasteiger partial charge in [-0.1, -0.05) is 197 Å². The number of benzene rings is 8. The second-order valence-electron chi connectivity index (χ2n) is 23.6. The number of rotatable bonds is 9. The summed E-state index contributed by atoms with van der Waals surface area (Å²) in [5.41, 5.74) is 16.2. The standard InChI is InChI=1S/C69H65N4O.Pt/c1-66(2,3)51-33-34-70-65(42-51)73-61-31-27-48(46-21-15-12-16-22-46)37-60(61)59-30-29-57(44-63(59)73)74-58-40-54(68(7,8)9)39-56(43-58)72-45-71(55-36-49(47-23-17-13-18-24-47)35-53(38-55)67(4,5)6)62-32-28-52(41-64(62)72)69(10,11)50-25-19-14-20-26-50;/h12-42,45H,1-11H3;/q-3;. The van der Waals surface area contributed by atoms with Crippen molar-refractivity contribution in [1.29, 1.82) is 0 Å². The Hall–Kier alpha value is -7.20. The van der Waals surface area contributed by atoms with Crippen molar-refractivity contribution in [3.8, 4) is 39.6 Å². The Bertz CT molecular complexity index is 3710. The topological polar surface area (TPSA) is 33.5 Å². The number of aromatic nitrogens is 2. The van der Waals surface area contributed by atoms with Gasteiger partial charge in [-0.3, -0.25) is 0 Å². The van der Waals surface area contributed by atoms with E-state index >= 15 is 0 Å². The molecular formula is C69H65N4OPt-3. The van der Waals surface area contributed by atoms with Crippen LogP contribution in [0.2, 0.25) is 0 Å². The van der Waals surface area contributed by atoms with Crippen LogP contribution in [0.4, 0.5) is 22.7 Å². The van der Waals surface area contributed by atoms with Crippen molar-refractivity contribution in [1.82, 2.24) is 9.55 Å². The average molecular weight is 1160 g/mol. The van der Waals surface area contributed by atoms with E-state index < -0.39 is 0 Å². The van der Waals surface area contributed by atoms with E-state index in [1.54, 1.807) is 0 Å². The van der Waals surface area contributed by atoms with Gasteiger partial charge < -0.3 is 19.1 Å². The largest absolute Gasteiger partial charge is 0.509 e. The van der Waals surface area contributed by atoms with E-state index in [-0.39, 0.29) is 42.7 Å². The van der Waals surface area contributed by atoms with Crippen LogP contribution in [-0.2, 0) is 42.7 Å². The van der Waals surface area contributed by atoms with Crippen LogP contribution in [0.25, 0.3) is 49.9 Å². The molecule has 0 fully saturated rings. The molecule has 2 aromatic heterocycles. The van der Waals surface area contributed by atoms with Crippen molar-refractivity contribution in [3.63, 3.8) is 0 Å². The monoisotopic (exact) mass is 1160 g/mol. The van der Waals surface area contributed by atoms with Crippen LogP contribution in [0.15, 0.2) is 188 Å². The summed E-state index contributed by atoms with van der Waals surface area (Å²) in [6.07, 6.45) is 1.92. The molecule has 0 N–H and O–H groups in total. The molecular weight excluding hydrogens is 1100 g/mol. The van der Waals surface area contributed by atoms with Crippen LogP contribution < -0.4 is 14.5 Å². The van der Waals surface area contributed by atoms with Gasteiger partial charge in [0.15, 0.2) is 0 Å². The maximum Gasteiger partial charge on any atom is 0.135 e. The van der Waals surface area contributed by atoms with E-state index in [4.69, 9.17) is 9.72 Å². The Kier molecular flexibility index (Phi) is 13.3. The van der Waals surface area contributed by atoms with Crippen LogP contribution in [0.5, 0.6) is 11.5 Å². The van der Waals surface area contributed by atoms with E-state index in [0.29, 0.717) is 11.5 Å². The molecule has 1 aliphatic rings. The molecule has 0 spiro atoms. The van der Waals surface area contributed by atoms with Crippen LogP contribution in [-0.4, -0.2) is 9.55 Å². The summed E-state index contributed by atoms with van der Waals surface area (Å²) in [7, 11) is 0. The van der Waals surface area contributed by atoms with Gasteiger partial charge in [-0.05, 0) is 109 Å². The Balaban J connectivity index is 0.00000641. The molecule has 75 heavy (non-hydrogen) atoms. The molecule has 6 heteroatoms. The fourth-order valence-corrected chi connectivity index (χ4v) is 10.3. The third-order valence-electron chi connectivity index (χ3n) is 14.9. The third kappa shape index (κ3) is 9.96. The van der Waals surface area contributed by atoms with E-state index in [0.717, 1.165) is 61.5 Å². The van der Waals surface area contributed by atoms with E-state index in [2.05, 4.69) is 285 Å². The average Bonchev–Trinajstić information content (AvgIpc) is 3.96. The van der Waals surface area contributed by atoms with Crippen molar-refractivity contribution in [3.05, 3.63) is 235 Å². The minimum absolute atomic E-state index is 0. The smallest absolute Gasteiger partial charge is 0.135 e. The van der Waals surface area contributed by atoms with Gasteiger partial charge in [0.1, 0.15) is 5.82 Å². The molecule has 3 heterocycles. The Morgan fingerprint density at radius 2 is 1.08 bits per heavy atom. The SMILES string of the molecule is CC(C)(C)c1cc(Oc2[c-]c3c(cc2)c2cc(-c4ccccc4)ccc2n3-c2cc(C(C)(C)C)ccn2)[c-]c(N2[CH-]N(c3cc(-c4ccccc4)cc(C(C)(C)C)c3)c3ccc(C(C)(C)c4ccccc4)cc32)c1.[Pt]. The molecule has 8 aromatic carbocycles. The van der Waals surface area contributed by atoms with E-state index in [1.165, 1.54) is 38.9 Å². The second kappa shape index (κ2) is 19.5. The maximum absolute atomic E-state index is 7.03. The summed E-state index contributed by atoms with van der Waals surface area (Å²) < 4.78 is 9.27. The zero-order valence-electron chi connectivity index (χ0n) is 45.0. The van der Waals surface area contributed by atoms with Crippen molar-refractivity contribution >= 4 is 44.6 Å². The normalized spacial score (nSPS) is 13.1. The number of anilines is 4. The van der Waals surface area contributed by atoms with Gasteiger partial charge in [0.05, 0.1) is 0 Å². The Morgan fingerprint density at radius 1 is 0.440 bits per heavy atom. The first-order valence-electron chi connectivity index (χ1n) is 25.9. The zero-order valence-corrected chi connectivity index (χ0v) is 47.3. The van der Waals surface area contributed by atoms with Crippen molar-refractivity contribution in [2.75, 3.05) is 9.80 Å². The predicted octanol–water partition coefficient (Wildman–Crippen LogP) is 18.5. The molecule has 0 bridgehead atoms. The van der Waals surface area contributed by atoms with Gasteiger partial charge in [-0.25, -0.2) is 4.98 Å². The molecule has 1 aliphatic heterocycles. The fraction of sp³-hybridized carbons (Fsp3) is 0.217. The number of hydrogen-bond acceptors (Lipinski definition) is 4. The summed E-state index contributed by atoms with van der Waals surface area (Å²) in [6, 6.07) is 73.3. The molecule has 0 aliphatic carbocycles. The molecule has 0 unspecified atom stereocenters. The molecule has 10 aromatic rings. The minimum atomic E-state index is -0.267. The summed E-state index contributed by atoms with van der Waals surface area (Å²) in [5, 5.41) is 2.20. The second-order valence-corrected chi connectivity index (χ2v) is 23.6. The predicted molar refractivity (Wildman–Crippen MR) is 310 cm³/mol. The van der Waals surface area contributed by atoms with Gasteiger partial charge in [0.2, 0.25) is 0 Å². The third-order valence-corrected chi connectivity index (χ3v) is 14.9. The first-order chi connectivity index (χ1) is 35.3. The number of fused-ring (bicyclic) bond motifs is 4. The number of hydrogen-bond donors (Lipinski definition) is 0. The number of nitrogens with zero attached hydrogens (tertiary/aromatic N) is 4. The summed E-state index contributed by atoms with van der Waals surface area (Å²) in [5.74, 6) is 2.05. The summed E-state index contributed by atoms with van der Waals surface area (Å²) in [4.78, 5) is 9.64. The van der Waals surface area contributed by atoms with Crippen molar-refractivity contribution < 1.29 is 25.8 Å². The Labute approximate surface area is 459 Å². The molecule has 0 saturated heterocycles. The van der Waals surface area contributed by atoms with Gasteiger partial charge >= 0.3 is 0 Å². The maximum atomic E-state index is 7.03. The Morgan fingerprint density at radius 3 is 1.75 bits per heavy atom. The van der Waals surface area contributed by atoms with Crippen molar-refractivity contribution in [2.24, 2.45) is 0 Å². The van der Waals surface area contributed by atoms with Crippen molar-refractivity contribution in [2.45, 2.75) is 97.8 Å². The van der Waals surface area contributed by atoms with Crippen LogP contribution >= 0.6 is 0 Å². The molecule has 0 radical (unpaired) electrons.